The molecule has 124 valence electrons. The Morgan fingerprint density at radius 3 is 2.61 bits per heavy atom. The van der Waals surface area contributed by atoms with Gasteiger partial charge in [0.05, 0.1) is 5.52 Å². The van der Waals surface area contributed by atoms with Crippen LogP contribution in [-0.2, 0) is 9.68 Å². The second-order valence-electron chi connectivity index (χ2n) is 4.23. The smallest absolute Gasteiger partial charge is 0.294 e. The van der Waals surface area contributed by atoms with Crippen LogP contribution in [0.4, 0.5) is 5.69 Å². The van der Waals surface area contributed by atoms with Gasteiger partial charge in [-0.15, -0.1) is 32.6 Å². The average Bonchev–Trinajstić information content (AvgIpc) is 2.49. The van der Waals surface area contributed by atoms with Gasteiger partial charge in [-0.05, 0) is 12.1 Å². The van der Waals surface area contributed by atoms with E-state index in [1.807, 2.05) is 24.3 Å². The summed E-state index contributed by atoms with van der Waals surface area (Å²) in [5.41, 5.74) is 1.43. The standard InChI is InChI=1S/C12H12N4O6.ClH/c17-15(18)21-8-9(22-16(19)20)7-14-12-5-6-13-11-4-2-1-3-10(11)12;/h1-6,9H,7-8H2,(H,13,14);1H. The van der Waals surface area contributed by atoms with Gasteiger partial charge in [0.25, 0.3) is 10.2 Å². The molecule has 1 unspecified atom stereocenters. The zero-order valence-electron chi connectivity index (χ0n) is 11.7. The van der Waals surface area contributed by atoms with Gasteiger partial charge in [-0.2, -0.15) is 0 Å². The number of hydrogen-bond donors (Lipinski definition) is 1. The number of nitrogens with one attached hydrogen (secondary N) is 1. The molecule has 1 aromatic heterocycles. The van der Waals surface area contributed by atoms with E-state index < -0.39 is 22.9 Å². The maximum atomic E-state index is 10.4. The third-order valence-electron chi connectivity index (χ3n) is 2.77. The molecule has 2 rings (SSSR count). The zero-order valence-corrected chi connectivity index (χ0v) is 12.5. The highest BCUT2D eigenvalue weighted by Gasteiger charge is 2.16. The molecule has 1 N–H and O–H groups in total. The summed E-state index contributed by atoms with van der Waals surface area (Å²) in [6.07, 6.45) is 0.467. The summed E-state index contributed by atoms with van der Waals surface area (Å²) >= 11 is 0. The first-order chi connectivity index (χ1) is 10.6. The molecule has 0 aliphatic rings. The van der Waals surface area contributed by atoms with E-state index in [0.717, 1.165) is 10.9 Å². The summed E-state index contributed by atoms with van der Waals surface area (Å²) in [4.78, 5) is 33.2. The number of para-hydroxylation sites is 1. The third-order valence-corrected chi connectivity index (χ3v) is 2.77. The van der Waals surface area contributed by atoms with Crippen LogP contribution >= 0.6 is 12.4 Å². The first-order valence-corrected chi connectivity index (χ1v) is 6.22. The molecule has 0 aliphatic heterocycles. The van der Waals surface area contributed by atoms with Crippen molar-refractivity contribution < 1.29 is 19.8 Å². The van der Waals surface area contributed by atoms with Crippen LogP contribution in [0.15, 0.2) is 36.5 Å². The maximum absolute atomic E-state index is 10.4. The molecule has 0 radical (unpaired) electrons. The van der Waals surface area contributed by atoms with E-state index in [1.165, 1.54) is 0 Å². The molecule has 0 spiro atoms. The van der Waals surface area contributed by atoms with Gasteiger partial charge >= 0.3 is 0 Å². The van der Waals surface area contributed by atoms with E-state index in [-0.39, 0.29) is 19.0 Å². The van der Waals surface area contributed by atoms with E-state index in [4.69, 9.17) is 0 Å². The molecule has 23 heavy (non-hydrogen) atoms. The highest BCUT2D eigenvalue weighted by Crippen LogP contribution is 2.20. The van der Waals surface area contributed by atoms with E-state index in [9.17, 15) is 20.2 Å². The molecule has 10 nitrogen and oxygen atoms in total. The first kappa shape index (κ1) is 18.2. The maximum Gasteiger partial charge on any atom is 0.294 e. The van der Waals surface area contributed by atoms with Crippen LogP contribution in [0.1, 0.15) is 0 Å². The molecule has 0 amide bonds. The van der Waals surface area contributed by atoms with Crippen molar-refractivity contribution in [2.24, 2.45) is 0 Å². The van der Waals surface area contributed by atoms with Crippen LogP contribution in [0.5, 0.6) is 0 Å². The van der Waals surface area contributed by atoms with Crippen LogP contribution in [0.2, 0.25) is 0 Å². The van der Waals surface area contributed by atoms with Crippen molar-refractivity contribution in [1.29, 1.82) is 0 Å². The van der Waals surface area contributed by atoms with Crippen molar-refractivity contribution in [3.63, 3.8) is 0 Å². The highest BCUT2D eigenvalue weighted by molar-refractivity contribution is 5.90. The Morgan fingerprint density at radius 1 is 1.17 bits per heavy atom. The Balaban J connectivity index is 0.00000264. The van der Waals surface area contributed by atoms with E-state index in [2.05, 4.69) is 20.0 Å². The summed E-state index contributed by atoms with van der Waals surface area (Å²) in [5, 5.41) is 22.3. The monoisotopic (exact) mass is 344 g/mol. The largest absolute Gasteiger partial charge is 0.382 e. The molecule has 0 bridgehead atoms. The second kappa shape index (κ2) is 8.54. The molecule has 0 saturated carbocycles. The van der Waals surface area contributed by atoms with Gasteiger partial charge in [0, 0.05) is 23.8 Å². The molecule has 0 saturated heterocycles. The number of halogens is 1. The number of benzene rings is 1. The summed E-state index contributed by atoms with van der Waals surface area (Å²) < 4.78 is 0. The van der Waals surface area contributed by atoms with Crippen molar-refractivity contribution in [1.82, 2.24) is 4.98 Å². The molecular formula is C12H13ClN4O6. The zero-order chi connectivity index (χ0) is 15.9. The first-order valence-electron chi connectivity index (χ1n) is 6.22. The normalized spacial score (nSPS) is 11.1. The fraction of sp³-hybridized carbons (Fsp3) is 0.250. The van der Waals surface area contributed by atoms with Crippen LogP contribution < -0.4 is 5.32 Å². The number of fused-ring (bicyclic) bond motifs is 1. The Morgan fingerprint density at radius 2 is 1.91 bits per heavy atom. The lowest BCUT2D eigenvalue weighted by Gasteiger charge is -2.16. The fourth-order valence-corrected chi connectivity index (χ4v) is 1.87. The lowest BCUT2D eigenvalue weighted by atomic mass is 10.2. The Hall–Kier alpha value is -2.88. The summed E-state index contributed by atoms with van der Waals surface area (Å²) in [6, 6.07) is 9.02. The lowest BCUT2D eigenvalue weighted by molar-refractivity contribution is -0.789. The number of nitrogens with zero attached hydrogens (tertiary/aromatic N) is 3. The van der Waals surface area contributed by atoms with Gasteiger partial charge in [0.2, 0.25) is 0 Å². The molecule has 0 fully saturated rings. The van der Waals surface area contributed by atoms with Crippen LogP contribution in [0.25, 0.3) is 10.9 Å². The Labute approximate surface area is 136 Å². The van der Waals surface area contributed by atoms with Crippen LogP contribution in [0, 0.1) is 20.2 Å². The minimum absolute atomic E-state index is 0. The highest BCUT2D eigenvalue weighted by atomic mass is 35.5. The Bertz CT molecular complexity index is 680. The molecular weight excluding hydrogens is 332 g/mol. The summed E-state index contributed by atoms with van der Waals surface area (Å²) in [6.45, 7) is -0.590. The number of anilines is 1. The van der Waals surface area contributed by atoms with Gasteiger partial charge < -0.3 is 15.0 Å². The minimum atomic E-state index is -1.12. The van der Waals surface area contributed by atoms with Gasteiger partial charge in [0.15, 0.2) is 0 Å². The molecule has 1 aromatic carbocycles. The van der Waals surface area contributed by atoms with Crippen molar-refractivity contribution >= 4 is 29.0 Å². The average molecular weight is 345 g/mol. The molecule has 1 atom stereocenters. The number of aromatic nitrogens is 1. The SMILES string of the molecule is Cl.O=[N+]([O-])OCC(CNc1ccnc2ccccc12)O[N+](=O)[O-]. The Kier molecular flexibility index (Phi) is 6.74. The third kappa shape index (κ3) is 5.43. The number of rotatable bonds is 8. The second-order valence-corrected chi connectivity index (χ2v) is 4.23. The minimum Gasteiger partial charge on any atom is -0.382 e. The van der Waals surface area contributed by atoms with Gasteiger partial charge in [-0.1, -0.05) is 18.2 Å². The van der Waals surface area contributed by atoms with Gasteiger partial charge in [0.1, 0.15) is 12.7 Å². The molecule has 1 heterocycles. The van der Waals surface area contributed by atoms with E-state index in [1.54, 1.807) is 12.3 Å². The predicted molar refractivity (Wildman–Crippen MR) is 82.3 cm³/mol. The van der Waals surface area contributed by atoms with Gasteiger partial charge in [-0.25, -0.2) is 0 Å². The fourth-order valence-electron chi connectivity index (χ4n) is 1.87. The molecule has 0 aliphatic carbocycles. The van der Waals surface area contributed by atoms with Crippen molar-refractivity contribution in [3.8, 4) is 0 Å². The predicted octanol–water partition coefficient (Wildman–Crippen LogP) is 1.85. The summed E-state index contributed by atoms with van der Waals surface area (Å²) in [5.74, 6) is 0. The summed E-state index contributed by atoms with van der Waals surface area (Å²) in [7, 11) is 0. The molecule has 2 aromatic rings. The topological polar surface area (TPSA) is 130 Å². The quantitative estimate of drug-likeness (QED) is 0.567. The molecule has 11 heteroatoms. The van der Waals surface area contributed by atoms with Crippen molar-refractivity contribution in [2.45, 2.75) is 6.10 Å². The van der Waals surface area contributed by atoms with Crippen molar-refractivity contribution in [3.05, 3.63) is 56.8 Å². The van der Waals surface area contributed by atoms with E-state index >= 15 is 0 Å². The number of pyridine rings is 1. The van der Waals surface area contributed by atoms with Crippen LogP contribution in [0.3, 0.4) is 0 Å². The van der Waals surface area contributed by atoms with Crippen LogP contribution in [-0.4, -0.2) is 34.4 Å². The van der Waals surface area contributed by atoms with Gasteiger partial charge in [-0.3, -0.25) is 4.98 Å². The lowest BCUT2D eigenvalue weighted by Crippen LogP contribution is -2.31. The number of hydrogen-bond acceptors (Lipinski definition) is 8. The van der Waals surface area contributed by atoms with Crippen molar-refractivity contribution in [2.75, 3.05) is 18.5 Å². The van der Waals surface area contributed by atoms with E-state index in [0.29, 0.717) is 5.69 Å².